The van der Waals surface area contributed by atoms with Crippen molar-refractivity contribution >= 4 is 70.9 Å². The minimum atomic E-state index is -1.72. The summed E-state index contributed by atoms with van der Waals surface area (Å²) in [5, 5.41) is 28.1. The molecule has 1 aliphatic heterocycles. The molecule has 1 aliphatic rings. The number of aliphatic hydroxyl groups is 1. The number of pyridine rings is 1. The second-order valence-electron chi connectivity index (χ2n) is 21.3. The van der Waals surface area contributed by atoms with E-state index in [1.165, 1.54) is 31.1 Å². The van der Waals surface area contributed by atoms with Gasteiger partial charge in [0.05, 0.1) is 25.4 Å². The molecule has 5 atom stereocenters. The summed E-state index contributed by atoms with van der Waals surface area (Å²) in [5.41, 5.74) is 6.76. The number of nitrogens with one attached hydrogen (secondary N) is 7. The number of hydrogen-bond acceptors (Lipinski definition) is 15. The van der Waals surface area contributed by atoms with Gasteiger partial charge in [-0.25, -0.2) is 13.6 Å². The van der Waals surface area contributed by atoms with E-state index in [-0.39, 0.29) is 82.3 Å². The lowest BCUT2D eigenvalue weighted by molar-refractivity contribution is -0.197. The summed E-state index contributed by atoms with van der Waals surface area (Å²) < 4.78 is 31.8. The number of primary amides is 1. The minimum Gasteiger partial charge on any atom is -0.387 e. The van der Waals surface area contributed by atoms with Gasteiger partial charge in [0.2, 0.25) is 53.2 Å². The van der Waals surface area contributed by atoms with Crippen LogP contribution in [0.5, 0.6) is 0 Å². The summed E-state index contributed by atoms with van der Waals surface area (Å²) in [7, 11) is 0. The van der Waals surface area contributed by atoms with E-state index in [1.54, 1.807) is 49.7 Å². The molecule has 1 saturated heterocycles. The Kier molecular flexibility index (Phi) is 25.0. The average Bonchev–Trinajstić information content (AvgIpc) is 1.83. The number of halogens is 2. The van der Waals surface area contributed by atoms with E-state index >= 15 is 4.39 Å². The van der Waals surface area contributed by atoms with Crippen LogP contribution < -0.4 is 43.0 Å². The Balaban J connectivity index is 1.30. The number of aromatic nitrogens is 2. The van der Waals surface area contributed by atoms with Gasteiger partial charge in [0.1, 0.15) is 42.4 Å². The summed E-state index contributed by atoms with van der Waals surface area (Å²) in [4.78, 5) is 164. The maximum absolute atomic E-state index is 15.4. The lowest BCUT2D eigenvalue weighted by Gasteiger charge is -2.41. The molecule has 0 saturated carbocycles. The van der Waals surface area contributed by atoms with E-state index < -0.39 is 138 Å². The third-order valence-corrected chi connectivity index (χ3v) is 13.4. The summed E-state index contributed by atoms with van der Waals surface area (Å²) >= 11 is 0. The number of carbonyl (C=O) groups excluding carboxylic acids is 12. The number of hydroxylamine groups is 2. The smallest absolute Gasteiger partial charge is 0.333 e. The van der Waals surface area contributed by atoms with Crippen molar-refractivity contribution in [2.24, 2.45) is 11.1 Å². The molecule has 4 aromatic rings. The van der Waals surface area contributed by atoms with E-state index in [4.69, 9.17) is 10.6 Å². The average molecular weight is 1200 g/mol. The molecule has 0 aliphatic carbocycles. The SMILES string of the molecule is CC(NC(=O)Cc1ccncc1)C(=O)NC(C)C(=O)NC(CC(=O)NC(CCN(C(=O)CO)C(c1cc(-c2cc(F)ccc2F)cn1Cc1ccccc1)C(C)(C)C)C(=O)NCCNC(=O)CNC(=O)CCCC(=O)ON1C(=O)CCC1=O)C(N)=O. The van der Waals surface area contributed by atoms with Gasteiger partial charge in [-0.2, -0.15) is 0 Å². The van der Waals surface area contributed by atoms with Crippen LogP contribution in [0.2, 0.25) is 0 Å². The molecule has 11 amide bonds. The van der Waals surface area contributed by atoms with Crippen LogP contribution in [0.3, 0.4) is 0 Å². The number of rotatable bonds is 31. The lowest BCUT2D eigenvalue weighted by atomic mass is 9.82. The van der Waals surface area contributed by atoms with Crippen LogP contribution in [-0.4, -0.2) is 153 Å². The van der Waals surface area contributed by atoms with Crippen molar-refractivity contribution in [2.45, 2.75) is 123 Å². The van der Waals surface area contributed by atoms with E-state index in [9.17, 15) is 67.0 Å². The first kappa shape index (κ1) is 67.3. The number of nitrogens with two attached hydrogens (primary N) is 1. The molecule has 28 heteroatoms. The Hall–Kier alpha value is -9.47. The third kappa shape index (κ3) is 20.7. The zero-order chi connectivity index (χ0) is 63.3. The van der Waals surface area contributed by atoms with Crippen LogP contribution in [-0.2, 0) is 75.3 Å². The summed E-state index contributed by atoms with van der Waals surface area (Å²) in [6.07, 6.45) is 2.56. The largest absolute Gasteiger partial charge is 0.387 e. The van der Waals surface area contributed by atoms with Crippen molar-refractivity contribution in [1.29, 1.82) is 0 Å². The Morgan fingerprint density at radius 2 is 1.38 bits per heavy atom. The van der Waals surface area contributed by atoms with Crippen LogP contribution >= 0.6 is 0 Å². The summed E-state index contributed by atoms with van der Waals surface area (Å²) in [5.74, 6) is -11.1. The van der Waals surface area contributed by atoms with Gasteiger partial charge in [-0.15, -0.1) is 5.06 Å². The molecular formula is C58H72F2N12O14. The van der Waals surface area contributed by atoms with Gasteiger partial charge in [-0.3, -0.25) is 57.7 Å². The zero-order valence-electron chi connectivity index (χ0n) is 48.2. The molecule has 5 rings (SSSR count). The van der Waals surface area contributed by atoms with Crippen molar-refractivity contribution in [2.75, 3.05) is 32.8 Å². The Labute approximate surface area is 494 Å². The van der Waals surface area contributed by atoms with E-state index in [2.05, 4.69) is 42.2 Å². The highest BCUT2D eigenvalue weighted by atomic mass is 19.1. The first-order chi connectivity index (χ1) is 40.7. The van der Waals surface area contributed by atoms with Crippen molar-refractivity contribution in [3.8, 4) is 11.1 Å². The molecule has 86 heavy (non-hydrogen) atoms. The topological polar surface area (TPSA) is 369 Å². The highest BCUT2D eigenvalue weighted by Gasteiger charge is 2.39. The summed E-state index contributed by atoms with van der Waals surface area (Å²) in [6.45, 7) is 5.81. The maximum Gasteiger partial charge on any atom is 0.333 e. The van der Waals surface area contributed by atoms with Crippen LogP contribution in [0.25, 0.3) is 11.1 Å². The predicted octanol–water partition coefficient (Wildman–Crippen LogP) is 0.398. The van der Waals surface area contributed by atoms with Gasteiger partial charge in [0, 0.05) is 87.3 Å². The molecule has 1 fully saturated rings. The normalized spacial score (nSPS) is 13.9. The fraction of sp³-hybridized carbons (Fsp3) is 0.431. The van der Waals surface area contributed by atoms with Crippen molar-refractivity contribution in [1.82, 2.24) is 56.7 Å². The number of amides is 11. The van der Waals surface area contributed by atoms with Gasteiger partial charge in [0.25, 0.3) is 11.8 Å². The second kappa shape index (κ2) is 32.0. The fourth-order valence-corrected chi connectivity index (χ4v) is 9.08. The third-order valence-electron chi connectivity index (χ3n) is 13.4. The Morgan fingerprint density at radius 1 is 0.733 bits per heavy atom. The van der Waals surface area contributed by atoms with E-state index in [0.717, 1.165) is 23.8 Å². The van der Waals surface area contributed by atoms with Gasteiger partial charge < -0.3 is 62.4 Å². The molecule has 10 N–H and O–H groups in total. The maximum atomic E-state index is 15.4. The molecule has 2 aromatic carbocycles. The minimum absolute atomic E-state index is 0.0379. The summed E-state index contributed by atoms with van der Waals surface area (Å²) in [6, 6.07) is 10.2. The second-order valence-corrected chi connectivity index (χ2v) is 21.3. The van der Waals surface area contributed by atoms with Gasteiger partial charge in [0.15, 0.2) is 0 Å². The zero-order valence-corrected chi connectivity index (χ0v) is 48.2. The molecule has 0 spiro atoms. The molecule has 462 valence electrons. The molecule has 26 nitrogen and oxygen atoms in total. The molecule has 0 bridgehead atoms. The quantitative estimate of drug-likeness (QED) is 0.0243. The van der Waals surface area contributed by atoms with Gasteiger partial charge in [-0.05, 0) is 79.6 Å². The van der Waals surface area contributed by atoms with Gasteiger partial charge in [-0.1, -0.05) is 51.1 Å². The number of hydrogen-bond donors (Lipinski definition) is 9. The molecule has 3 heterocycles. The standard InChI is InChI=1S/C58H72F2N12O14/c1-34(66-46(75)26-36-18-21-62-22-19-36)55(83)67-35(2)56(84)69-43(54(61)82)29-47(76)68-42(57(85)64-24-23-63-48(77)30-65-45(74)12-9-13-52(81)86-72-49(78)16-17-50(72)79)20-25-71(51(80)33-73)53(58(3,4)5)44-27-38(40-28-39(59)14-15-41(40)60)32-70(44)31-37-10-7-6-8-11-37/h6-8,10-11,14-15,18-19,21-22,27-28,32,34-35,42-43,53,73H,9,12-13,16-17,20,23-26,29-31,33H2,1-5H3,(H2,61,82)(H,63,77)(H,64,85)(H,65,74)(H,66,75)(H,67,83)(H,68,76)(H,69,84). The highest BCUT2D eigenvalue weighted by Crippen LogP contribution is 2.41. The Morgan fingerprint density at radius 3 is 2.03 bits per heavy atom. The number of carbonyl (C=O) groups is 12. The number of aliphatic hydroxyl groups excluding tert-OH is 1. The number of imide groups is 1. The predicted molar refractivity (Wildman–Crippen MR) is 302 cm³/mol. The van der Waals surface area contributed by atoms with E-state index in [1.807, 2.05) is 30.3 Å². The fourth-order valence-electron chi connectivity index (χ4n) is 9.08. The highest BCUT2D eigenvalue weighted by molar-refractivity contribution is 6.01. The molecule has 0 radical (unpaired) electrons. The molecule has 2 aromatic heterocycles. The first-order valence-corrected chi connectivity index (χ1v) is 27.6. The van der Waals surface area contributed by atoms with Gasteiger partial charge >= 0.3 is 5.97 Å². The Bertz CT molecular complexity index is 3110. The monoisotopic (exact) mass is 1200 g/mol. The van der Waals surface area contributed by atoms with Crippen LogP contribution in [0.1, 0.15) is 102 Å². The lowest BCUT2D eigenvalue weighted by Crippen LogP contribution is -2.56. The number of benzene rings is 2. The first-order valence-electron chi connectivity index (χ1n) is 27.6. The number of nitrogens with zero attached hydrogens (tertiary/aromatic N) is 4. The van der Waals surface area contributed by atoms with Crippen LogP contribution in [0.4, 0.5) is 8.78 Å². The van der Waals surface area contributed by atoms with Crippen molar-refractivity contribution < 1.29 is 76.3 Å². The van der Waals surface area contributed by atoms with Crippen LogP contribution in [0.15, 0.2) is 85.3 Å². The molecule has 5 unspecified atom stereocenters. The van der Waals surface area contributed by atoms with Crippen LogP contribution in [0, 0.1) is 17.0 Å². The molecular weight excluding hydrogens is 1130 g/mol. The van der Waals surface area contributed by atoms with Crippen molar-refractivity contribution in [3.63, 3.8) is 0 Å². The van der Waals surface area contributed by atoms with E-state index in [0.29, 0.717) is 16.3 Å². The van der Waals surface area contributed by atoms with Crippen molar-refractivity contribution in [3.05, 3.63) is 114 Å².